The number of aromatic amines is 1. The Morgan fingerprint density at radius 2 is 2.33 bits per heavy atom. The highest BCUT2D eigenvalue weighted by atomic mass is 32.2. The summed E-state index contributed by atoms with van der Waals surface area (Å²) in [5.41, 5.74) is 0.997. The first-order chi connectivity index (χ1) is 9.95. The molecule has 2 aromatic rings. The van der Waals surface area contributed by atoms with Gasteiger partial charge in [-0.25, -0.2) is 4.98 Å². The van der Waals surface area contributed by atoms with Gasteiger partial charge in [-0.15, -0.1) is 11.3 Å². The molecule has 21 heavy (non-hydrogen) atoms. The van der Waals surface area contributed by atoms with Crippen molar-refractivity contribution in [3.63, 3.8) is 0 Å². The summed E-state index contributed by atoms with van der Waals surface area (Å²) in [4.78, 5) is 32.4. The van der Waals surface area contributed by atoms with Crippen molar-refractivity contribution in [2.45, 2.75) is 43.5 Å². The average Bonchev–Trinajstić information content (AvgIpc) is 2.75. The minimum atomic E-state index is -0.915. The van der Waals surface area contributed by atoms with Gasteiger partial charge in [0, 0.05) is 4.88 Å². The molecule has 1 aliphatic rings. The quantitative estimate of drug-likeness (QED) is 0.670. The van der Waals surface area contributed by atoms with E-state index in [1.165, 1.54) is 4.88 Å². The van der Waals surface area contributed by atoms with E-state index in [2.05, 4.69) is 16.9 Å². The smallest absolute Gasteiger partial charge is 0.316 e. The number of aryl methyl sites for hydroxylation is 1. The molecule has 0 saturated heterocycles. The van der Waals surface area contributed by atoms with Crippen LogP contribution in [0.4, 0.5) is 0 Å². The average molecular weight is 324 g/mol. The molecule has 0 spiro atoms. The van der Waals surface area contributed by atoms with E-state index in [1.54, 1.807) is 18.3 Å². The van der Waals surface area contributed by atoms with Crippen molar-refractivity contribution in [1.29, 1.82) is 0 Å². The van der Waals surface area contributed by atoms with Gasteiger partial charge in [0.1, 0.15) is 10.1 Å². The van der Waals surface area contributed by atoms with Crippen LogP contribution in [0, 0.1) is 5.92 Å². The number of carbonyl (C=O) groups is 1. The molecule has 0 aliphatic heterocycles. The molecule has 0 aromatic carbocycles. The van der Waals surface area contributed by atoms with E-state index >= 15 is 0 Å². The molecule has 0 amide bonds. The molecule has 5 nitrogen and oxygen atoms in total. The summed E-state index contributed by atoms with van der Waals surface area (Å²) in [5, 5.41) is 9.40. The fraction of sp³-hybridized carbons (Fsp3) is 0.500. The van der Waals surface area contributed by atoms with E-state index in [0.29, 0.717) is 16.5 Å². The van der Waals surface area contributed by atoms with E-state index in [4.69, 9.17) is 5.11 Å². The largest absolute Gasteiger partial charge is 0.480 e. The standard InChI is InChI=1S/C14H16N2O3S2/c1-6-3-4-8-9(5-6)21-12-10(8)11(17)15-14(16-12)20-7(2)13(18)19/h6-7H,3-5H2,1-2H3,(H,18,19)(H,15,16,17)/t6-,7+/m0/s1. The lowest BCUT2D eigenvalue weighted by Crippen LogP contribution is -2.16. The zero-order chi connectivity index (χ0) is 15.1. The normalized spacial score (nSPS) is 19.4. The van der Waals surface area contributed by atoms with Crippen LogP contribution in [0.2, 0.25) is 0 Å². The molecule has 2 heterocycles. The predicted molar refractivity (Wildman–Crippen MR) is 84.4 cm³/mol. The second kappa shape index (κ2) is 5.46. The van der Waals surface area contributed by atoms with Gasteiger partial charge in [-0.3, -0.25) is 9.59 Å². The fourth-order valence-corrected chi connectivity index (χ4v) is 4.78. The predicted octanol–water partition coefficient (Wildman–Crippen LogP) is 2.67. The number of hydrogen-bond donors (Lipinski definition) is 2. The highest BCUT2D eigenvalue weighted by molar-refractivity contribution is 8.00. The van der Waals surface area contributed by atoms with Crippen molar-refractivity contribution in [2.24, 2.45) is 5.92 Å². The number of rotatable bonds is 3. The van der Waals surface area contributed by atoms with E-state index in [0.717, 1.165) is 41.4 Å². The van der Waals surface area contributed by atoms with E-state index in [9.17, 15) is 9.59 Å². The number of nitrogens with one attached hydrogen (secondary N) is 1. The van der Waals surface area contributed by atoms with Gasteiger partial charge in [-0.2, -0.15) is 0 Å². The second-order valence-corrected chi connectivity index (χ2v) is 7.91. The number of fused-ring (bicyclic) bond motifs is 3. The molecule has 3 rings (SSSR count). The van der Waals surface area contributed by atoms with Crippen molar-refractivity contribution in [3.05, 3.63) is 20.8 Å². The van der Waals surface area contributed by atoms with Gasteiger partial charge in [0.25, 0.3) is 5.56 Å². The first-order valence-electron chi connectivity index (χ1n) is 6.89. The third-order valence-corrected chi connectivity index (χ3v) is 5.90. The minimum absolute atomic E-state index is 0.146. The van der Waals surface area contributed by atoms with Crippen molar-refractivity contribution >= 4 is 39.3 Å². The van der Waals surface area contributed by atoms with Crippen molar-refractivity contribution in [3.8, 4) is 0 Å². The van der Waals surface area contributed by atoms with Crippen LogP contribution in [0.1, 0.15) is 30.7 Å². The maximum atomic E-state index is 12.3. The summed E-state index contributed by atoms with van der Waals surface area (Å²) < 4.78 is 0. The van der Waals surface area contributed by atoms with Crippen LogP contribution < -0.4 is 5.56 Å². The first-order valence-corrected chi connectivity index (χ1v) is 8.59. The van der Waals surface area contributed by atoms with Crippen LogP contribution in [0.5, 0.6) is 0 Å². The van der Waals surface area contributed by atoms with Gasteiger partial charge >= 0.3 is 5.97 Å². The van der Waals surface area contributed by atoms with Crippen LogP contribution in [0.25, 0.3) is 10.2 Å². The first kappa shape index (κ1) is 14.6. The number of thioether (sulfide) groups is 1. The summed E-state index contributed by atoms with van der Waals surface area (Å²) in [5.74, 6) is -0.271. The van der Waals surface area contributed by atoms with Crippen molar-refractivity contribution in [2.75, 3.05) is 0 Å². The zero-order valence-corrected chi connectivity index (χ0v) is 13.4. The lowest BCUT2D eigenvalue weighted by molar-refractivity contribution is -0.136. The SMILES string of the molecule is C[C@H]1CCc2c(sc3nc(S[C@H](C)C(=O)O)[nH]c(=O)c23)C1. The number of carboxylic acids is 1. The molecule has 2 aromatic heterocycles. The third kappa shape index (κ3) is 2.72. The van der Waals surface area contributed by atoms with E-state index in [1.807, 2.05) is 0 Å². The summed E-state index contributed by atoms with van der Waals surface area (Å²) in [6.45, 7) is 3.80. The van der Waals surface area contributed by atoms with Gasteiger partial charge in [-0.05, 0) is 37.7 Å². The van der Waals surface area contributed by atoms with Gasteiger partial charge in [-0.1, -0.05) is 18.7 Å². The van der Waals surface area contributed by atoms with Crippen LogP contribution in [0.3, 0.4) is 0 Å². The lowest BCUT2D eigenvalue weighted by Gasteiger charge is -2.17. The molecule has 1 aliphatic carbocycles. The maximum absolute atomic E-state index is 12.3. The third-order valence-electron chi connectivity index (χ3n) is 3.78. The van der Waals surface area contributed by atoms with Gasteiger partial charge in [0.05, 0.1) is 5.39 Å². The number of aliphatic carboxylic acids is 1. The molecule has 2 N–H and O–H groups in total. The molecule has 0 fully saturated rings. The topological polar surface area (TPSA) is 83.0 Å². The molecule has 0 bridgehead atoms. The van der Waals surface area contributed by atoms with Crippen LogP contribution in [-0.4, -0.2) is 26.3 Å². The molecular weight excluding hydrogens is 308 g/mol. The Kier molecular flexibility index (Phi) is 3.79. The van der Waals surface area contributed by atoms with Crippen LogP contribution in [0.15, 0.2) is 9.95 Å². The van der Waals surface area contributed by atoms with E-state index in [-0.39, 0.29) is 5.56 Å². The molecule has 0 unspecified atom stereocenters. The molecule has 0 saturated carbocycles. The molecule has 0 radical (unpaired) electrons. The maximum Gasteiger partial charge on any atom is 0.316 e. The zero-order valence-electron chi connectivity index (χ0n) is 11.8. The Hall–Kier alpha value is -1.34. The monoisotopic (exact) mass is 324 g/mol. The highest BCUT2D eigenvalue weighted by Crippen LogP contribution is 2.36. The van der Waals surface area contributed by atoms with Crippen LogP contribution in [-0.2, 0) is 17.6 Å². The fourth-order valence-electron chi connectivity index (χ4n) is 2.60. The van der Waals surface area contributed by atoms with Gasteiger partial charge < -0.3 is 10.1 Å². The second-order valence-electron chi connectivity index (χ2n) is 5.50. The molecule has 112 valence electrons. The summed E-state index contributed by atoms with van der Waals surface area (Å²) >= 11 is 2.64. The molecular formula is C14H16N2O3S2. The number of hydrogen-bond acceptors (Lipinski definition) is 5. The van der Waals surface area contributed by atoms with Gasteiger partial charge in [0.2, 0.25) is 0 Å². The van der Waals surface area contributed by atoms with E-state index < -0.39 is 11.2 Å². The number of nitrogens with zero attached hydrogens (tertiary/aromatic N) is 1. The lowest BCUT2D eigenvalue weighted by atomic mass is 9.89. The van der Waals surface area contributed by atoms with Crippen molar-refractivity contribution in [1.82, 2.24) is 9.97 Å². The Morgan fingerprint density at radius 3 is 3.05 bits per heavy atom. The molecule has 7 heteroatoms. The number of H-pyrrole nitrogens is 1. The highest BCUT2D eigenvalue weighted by Gasteiger charge is 2.23. The Balaban J connectivity index is 2.05. The van der Waals surface area contributed by atoms with Gasteiger partial charge in [0.15, 0.2) is 5.16 Å². The van der Waals surface area contributed by atoms with Crippen LogP contribution >= 0.6 is 23.1 Å². The summed E-state index contributed by atoms with van der Waals surface area (Å²) in [6.07, 6.45) is 3.04. The number of thiophene rings is 1. The summed E-state index contributed by atoms with van der Waals surface area (Å²) in [6, 6.07) is 0. The van der Waals surface area contributed by atoms with Crippen molar-refractivity contribution < 1.29 is 9.90 Å². The summed E-state index contributed by atoms with van der Waals surface area (Å²) in [7, 11) is 0. The number of aromatic nitrogens is 2. The Morgan fingerprint density at radius 1 is 1.57 bits per heavy atom. The Bertz CT molecular complexity index is 765. The molecule has 2 atom stereocenters. The Labute approximate surface area is 129 Å². The minimum Gasteiger partial charge on any atom is -0.480 e. The number of carboxylic acid groups (broad SMARTS) is 1.